The molecule has 1 unspecified atom stereocenters. The predicted octanol–water partition coefficient (Wildman–Crippen LogP) is 4.81. The monoisotopic (exact) mass is 360 g/mol. The summed E-state index contributed by atoms with van der Waals surface area (Å²) in [5, 5.41) is 0. The summed E-state index contributed by atoms with van der Waals surface area (Å²) in [6.07, 6.45) is 0.853. The van der Waals surface area contributed by atoms with E-state index in [1.165, 1.54) is 18.1 Å². The van der Waals surface area contributed by atoms with Crippen LogP contribution < -0.4 is 4.74 Å². The Morgan fingerprint density at radius 1 is 1.23 bits per heavy atom. The van der Waals surface area contributed by atoms with Crippen LogP contribution in [0.25, 0.3) is 0 Å². The summed E-state index contributed by atoms with van der Waals surface area (Å²) < 4.78 is 12.1. The lowest BCUT2D eigenvalue weighted by Gasteiger charge is -2.22. The number of carbonyl (C=O) groups is 1. The van der Waals surface area contributed by atoms with Crippen LogP contribution >= 0.6 is 15.9 Å². The van der Waals surface area contributed by atoms with Crippen molar-refractivity contribution >= 4 is 21.9 Å². The Hall–Kier alpha value is -1.81. The van der Waals surface area contributed by atoms with Gasteiger partial charge in [-0.3, -0.25) is 4.79 Å². The van der Waals surface area contributed by atoms with Gasteiger partial charge in [0.15, 0.2) is 0 Å². The Bertz CT molecular complexity index is 724. The second kappa shape index (κ2) is 6.13. The molecule has 1 aliphatic heterocycles. The zero-order chi connectivity index (χ0) is 15.7. The van der Waals surface area contributed by atoms with Crippen molar-refractivity contribution in [2.75, 3.05) is 6.61 Å². The van der Waals surface area contributed by atoms with E-state index in [4.69, 9.17) is 9.47 Å². The van der Waals surface area contributed by atoms with Crippen molar-refractivity contribution in [3.63, 3.8) is 0 Å². The molecule has 114 valence electrons. The molecule has 0 bridgehead atoms. The Kier molecular flexibility index (Phi) is 4.21. The van der Waals surface area contributed by atoms with E-state index in [0.29, 0.717) is 6.61 Å². The number of hydrogen-bond acceptors (Lipinski definition) is 3. The number of hydrogen-bond donors (Lipinski definition) is 0. The van der Waals surface area contributed by atoms with Crippen molar-refractivity contribution in [2.45, 2.75) is 26.2 Å². The summed E-state index contributed by atoms with van der Waals surface area (Å²) in [5.41, 5.74) is 3.51. The van der Waals surface area contributed by atoms with Gasteiger partial charge in [0.05, 0.1) is 6.61 Å². The van der Waals surface area contributed by atoms with Crippen molar-refractivity contribution < 1.29 is 14.3 Å². The number of benzene rings is 2. The van der Waals surface area contributed by atoms with Crippen molar-refractivity contribution in [2.24, 2.45) is 0 Å². The molecule has 0 amide bonds. The van der Waals surface area contributed by atoms with E-state index in [0.717, 1.165) is 28.0 Å². The number of rotatable bonds is 3. The third-order valence-corrected chi connectivity index (χ3v) is 4.31. The summed E-state index contributed by atoms with van der Waals surface area (Å²) in [5.74, 6) is 1.73. The maximum Gasteiger partial charge on any atom is 0.302 e. The first-order valence-corrected chi connectivity index (χ1v) is 8.04. The Labute approximate surface area is 138 Å². The largest absolute Gasteiger partial charge is 0.465 e. The van der Waals surface area contributed by atoms with Gasteiger partial charge >= 0.3 is 5.97 Å². The van der Waals surface area contributed by atoms with Crippen LogP contribution in [0.3, 0.4) is 0 Å². The maximum atomic E-state index is 10.9. The van der Waals surface area contributed by atoms with Crippen LogP contribution in [0.1, 0.15) is 36.5 Å². The maximum absolute atomic E-state index is 10.9. The minimum atomic E-state index is -0.243. The molecule has 0 spiro atoms. The first-order chi connectivity index (χ1) is 10.5. The minimum Gasteiger partial charge on any atom is -0.465 e. The molecule has 0 saturated heterocycles. The summed E-state index contributed by atoms with van der Waals surface area (Å²) in [4.78, 5) is 10.9. The average molecular weight is 361 g/mol. The first-order valence-electron chi connectivity index (χ1n) is 7.25. The van der Waals surface area contributed by atoms with Gasteiger partial charge in [0.25, 0.3) is 0 Å². The van der Waals surface area contributed by atoms with E-state index in [1.54, 1.807) is 0 Å². The fraction of sp³-hybridized carbons (Fsp3) is 0.278. The second-order valence-corrected chi connectivity index (χ2v) is 6.52. The molecule has 1 aliphatic rings. The molecule has 1 atom stereocenters. The van der Waals surface area contributed by atoms with Crippen LogP contribution in [0.2, 0.25) is 0 Å². The molecule has 0 N–H and O–H groups in total. The average Bonchev–Trinajstić information content (AvgIpc) is 2.50. The van der Waals surface area contributed by atoms with Gasteiger partial charge in [0.1, 0.15) is 11.5 Å². The Morgan fingerprint density at radius 2 is 2.05 bits per heavy atom. The quantitative estimate of drug-likeness (QED) is 0.628. The Balaban J connectivity index is 1.82. The zero-order valence-corrected chi connectivity index (χ0v) is 14.1. The van der Waals surface area contributed by atoms with Gasteiger partial charge in [-0.05, 0) is 34.9 Å². The number of halogens is 1. The topological polar surface area (TPSA) is 35.5 Å². The molecule has 22 heavy (non-hydrogen) atoms. The molecule has 0 radical (unpaired) electrons. The van der Waals surface area contributed by atoms with Gasteiger partial charge in [-0.15, -0.1) is 0 Å². The SMILES string of the molecule is CC(=O)OCC(C)c1ccc2c(c1)Cc1ccc(Br)cc1O2. The highest BCUT2D eigenvalue weighted by Crippen LogP contribution is 2.38. The summed E-state index contributed by atoms with van der Waals surface area (Å²) >= 11 is 3.47. The molecule has 0 saturated carbocycles. The molecule has 0 aromatic heterocycles. The number of esters is 1. The third-order valence-electron chi connectivity index (χ3n) is 3.82. The molecule has 2 aromatic carbocycles. The predicted molar refractivity (Wildman–Crippen MR) is 88.5 cm³/mol. The standard InChI is InChI=1S/C18H17BrO3/c1-11(10-21-12(2)20)13-4-6-17-15(7-13)8-14-3-5-16(19)9-18(14)22-17/h3-7,9,11H,8,10H2,1-2H3. The lowest BCUT2D eigenvalue weighted by molar-refractivity contribution is -0.141. The molecule has 4 heteroatoms. The summed E-state index contributed by atoms with van der Waals surface area (Å²) in [6, 6.07) is 12.3. The van der Waals surface area contributed by atoms with Crippen LogP contribution in [-0.4, -0.2) is 12.6 Å². The van der Waals surface area contributed by atoms with E-state index >= 15 is 0 Å². The van der Waals surface area contributed by atoms with Gasteiger partial charge in [-0.1, -0.05) is 41.1 Å². The van der Waals surface area contributed by atoms with Crippen LogP contribution in [0.15, 0.2) is 40.9 Å². The number of carbonyl (C=O) groups excluding carboxylic acids is 1. The minimum absolute atomic E-state index is 0.167. The molecular weight excluding hydrogens is 344 g/mol. The smallest absolute Gasteiger partial charge is 0.302 e. The van der Waals surface area contributed by atoms with Gasteiger partial charge in [0, 0.05) is 23.7 Å². The molecule has 1 heterocycles. The van der Waals surface area contributed by atoms with Crippen molar-refractivity contribution in [1.82, 2.24) is 0 Å². The highest BCUT2D eigenvalue weighted by molar-refractivity contribution is 9.10. The van der Waals surface area contributed by atoms with Crippen LogP contribution in [-0.2, 0) is 16.0 Å². The first kappa shape index (κ1) is 15.1. The van der Waals surface area contributed by atoms with E-state index in [2.05, 4.69) is 35.0 Å². The van der Waals surface area contributed by atoms with Gasteiger partial charge in [-0.2, -0.15) is 0 Å². The zero-order valence-electron chi connectivity index (χ0n) is 12.6. The highest BCUT2D eigenvalue weighted by Gasteiger charge is 2.19. The van der Waals surface area contributed by atoms with Gasteiger partial charge < -0.3 is 9.47 Å². The van der Waals surface area contributed by atoms with E-state index in [1.807, 2.05) is 24.3 Å². The normalized spacial score (nSPS) is 13.6. The number of fused-ring (bicyclic) bond motifs is 2. The number of ether oxygens (including phenoxy) is 2. The molecule has 0 aliphatic carbocycles. The second-order valence-electron chi connectivity index (χ2n) is 5.60. The van der Waals surface area contributed by atoms with Crippen LogP contribution in [0.4, 0.5) is 0 Å². The molecule has 2 aromatic rings. The van der Waals surface area contributed by atoms with Crippen molar-refractivity contribution in [3.8, 4) is 11.5 Å². The van der Waals surface area contributed by atoms with Crippen molar-refractivity contribution in [3.05, 3.63) is 57.6 Å². The summed E-state index contributed by atoms with van der Waals surface area (Å²) in [7, 11) is 0. The molecular formula is C18H17BrO3. The molecule has 3 rings (SSSR count). The van der Waals surface area contributed by atoms with Crippen molar-refractivity contribution in [1.29, 1.82) is 0 Å². The molecule has 0 fully saturated rings. The van der Waals surface area contributed by atoms with Gasteiger partial charge in [0.2, 0.25) is 0 Å². The fourth-order valence-electron chi connectivity index (χ4n) is 2.58. The van der Waals surface area contributed by atoms with E-state index < -0.39 is 0 Å². The Morgan fingerprint density at radius 3 is 2.82 bits per heavy atom. The van der Waals surface area contributed by atoms with Gasteiger partial charge in [-0.25, -0.2) is 0 Å². The third kappa shape index (κ3) is 3.17. The van der Waals surface area contributed by atoms with Crippen LogP contribution in [0, 0.1) is 0 Å². The lowest BCUT2D eigenvalue weighted by Crippen LogP contribution is -2.09. The van der Waals surface area contributed by atoms with E-state index in [9.17, 15) is 4.79 Å². The lowest BCUT2D eigenvalue weighted by atomic mass is 9.94. The highest BCUT2D eigenvalue weighted by atomic mass is 79.9. The van der Waals surface area contributed by atoms with E-state index in [-0.39, 0.29) is 11.9 Å². The molecule has 3 nitrogen and oxygen atoms in total. The fourth-order valence-corrected chi connectivity index (χ4v) is 2.92. The van der Waals surface area contributed by atoms with Crippen LogP contribution in [0.5, 0.6) is 11.5 Å². The summed E-state index contributed by atoms with van der Waals surface area (Å²) in [6.45, 7) is 3.89.